The molecular formula is C20H22N4OS. The van der Waals surface area contributed by atoms with Crippen molar-refractivity contribution in [3.8, 4) is 11.4 Å². The van der Waals surface area contributed by atoms with Crippen LogP contribution in [0.4, 0.5) is 0 Å². The summed E-state index contributed by atoms with van der Waals surface area (Å²) in [6.45, 7) is 2.73. The van der Waals surface area contributed by atoms with Crippen LogP contribution in [-0.2, 0) is 17.8 Å². The number of amides is 1. The second-order valence-electron chi connectivity index (χ2n) is 6.04. The highest BCUT2D eigenvalue weighted by atomic mass is 32.2. The largest absolute Gasteiger partial charge is 0.341 e. The molecule has 6 heteroatoms. The number of H-pyrrole nitrogens is 1. The van der Waals surface area contributed by atoms with Crippen molar-refractivity contribution in [3.05, 3.63) is 65.7 Å². The van der Waals surface area contributed by atoms with E-state index in [1.165, 1.54) is 17.3 Å². The Morgan fingerprint density at radius 3 is 2.50 bits per heavy atom. The van der Waals surface area contributed by atoms with Crippen molar-refractivity contribution in [3.63, 3.8) is 0 Å². The third-order valence-corrected chi connectivity index (χ3v) is 4.95. The van der Waals surface area contributed by atoms with Crippen LogP contribution in [0.5, 0.6) is 0 Å². The first-order valence-electron chi connectivity index (χ1n) is 8.58. The molecular weight excluding hydrogens is 344 g/mol. The number of aromatic nitrogens is 3. The Hall–Kier alpha value is -2.60. The van der Waals surface area contributed by atoms with E-state index < -0.39 is 0 Å². The Labute approximate surface area is 157 Å². The van der Waals surface area contributed by atoms with Crippen LogP contribution < -0.4 is 0 Å². The molecule has 134 valence electrons. The van der Waals surface area contributed by atoms with Gasteiger partial charge in [-0.3, -0.25) is 9.89 Å². The van der Waals surface area contributed by atoms with Crippen LogP contribution in [0.3, 0.4) is 0 Å². The third kappa shape index (κ3) is 4.73. The summed E-state index contributed by atoms with van der Waals surface area (Å²) in [5.41, 5.74) is 3.40. The number of benzene rings is 2. The van der Waals surface area contributed by atoms with Gasteiger partial charge in [0.25, 0.3) is 0 Å². The summed E-state index contributed by atoms with van der Waals surface area (Å²) in [6.07, 6.45) is 1.01. The van der Waals surface area contributed by atoms with Gasteiger partial charge in [-0.2, -0.15) is 0 Å². The zero-order valence-corrected chi connectivity index (χ0v) is 15.8. The van der Waals surface area contributed by atoms with E-state index in [-0.39, 0.29) is 5.91 Å². The summed E-state index contributed by atoms with van der Waals surface area (Å²) in [4.78, 5) is 18.5. The minimum atomic E-state index is 0.0532. The van der Waals surface area contributed by atoms with Crippen molar-refractivity contribution >= 4 is 17.7 Å². The number of carbonyl (C=O) groups is 1. The van der Waals surface area contributed by atoms with Crippen molar-refractivity contribution in [2.75, 3.05) is 12.8 Å². The van der Waals surface area contributed by atoms with Crippen molar-refractivity contribution in [2.45, 2.75) is 25.0 Å². The maximum atomic E-state index is 12.3. The molecule has 0 aliphatic rings. The second kappa shape index (κ2) is 8.67. The van der Waals surface area contributed by atoms with Crippen LogP contribution in [0.15, 0.2) is 59.8 Å². The fraction of sp³-hybridized carbons (Fsp3) is 0.250. The van der Waals surface area contributed by atoms with Crippen LogP contribution >= 0.6 is 11.8 Å². The van der Waals surface area contributed by atoms with Crippen molar-refractivity contribution < 1.29 is 4.79 Å². The molecule has 0 radical (unpaired) electrons. The minimum absolute atomic E-state index is 0.0532. The van der Waals surface area contributed by atoms with Crippen LogP contribution in [0.1, 0.15) is 18.1 Å². The molecule has 0 saturated heterocycles. The predicted octanol–water partition coefficient (Wildman–Crippen LogP) is 3.78. The zero-order valence-electron chi connectivity index (χ0n) is 15.0. The second-order valence-corrected chi connectivity index (χ2v) is 6.98. The lowest BCUT2D eigenvalue weighted by atomic mass is 10.1. The van der Waals surface area contributed by atoms with Gasteiger partial charge in [0.1, 0.15) is 0 Å². The van der Waals surface area contributed by atoms with Gasteiger partial charge in [0.05, 0.1) is 5.75 Å². The molecule has 0 aliphatic carbocycles. The molecule has 0 atom stereocenters. The minimum Gasteiger partial charge on any atom is -0.341 e. The van der Waals surface area contributed by atoms with Gasteiger partial charge in [-0.15, -0.1) is 5.10 Å². The van der Waals surface area contributed by atoms with Crippen molar-refractivity contribution in [1.29, 1.82) is 0 Å². The van der Waals surface area contributed by atoms with Gasteiger partial charge >= 0.3 is 0 Å². The number of rotatable bonds is 7. The highest BCUT2D eigenvalue weighted by molar-refractivity contribution is 7.99. The van der Waals surface area contributed by atoms with Gasteiger partial charge in [0.15, 0.2) is 5.82 Å². The summed E-state index contributed by atoms with van der Waals surface area (Å²) in [6, 6.07) is 18.2. The number of thioether (sulfide) groups is 1. The van der Waals surface area contributed by atoms with E-state index in [0.717, 1.165) is 23.4 Å². The van der Waals surface area contributed by atoms with Gasteiger partial charge < -0.3 is 4.90 Å². The molecule has 0 bridgehead atoms. The molecule has 1 N–H and O–H groups in total. The lowest BCUT2D eigenvalue weighted by Gasteiger charge is -2.16. The van der Waals surface area contributed by atoms with E-state index >= 15 is 0 Å². The maximum Gasteiger partial charge on any atom is 0.233 e. The fourth-order valence-electron chi connectivity index (χ4n) is 2.52. The molecule has 0 aliphatic heterocycles. The molecule has 1 heterocycles. The number of nitrogens with zero attached hydrogens (tertiary/aromatic N) is 3. The fourth-order valence-corrected chi connectivity index (χ4v) is 3.26. The lowest BCUT2D eigenvalue weighted by molar-refractivity contribution is -0.127. The molecule has 5 nitrogen and oxygen atoms in total. The smallest absolute Gasteiger partial charge is 0.233 e. The molecule has 1 amide bonds. The quantitative estimate of drug-likeness (QED) is 0.646. The Morgan fingerprint density at radius 2 is 1.81 bits per heavy atom. The number of nitrogens with one attached hydrogen (secondary N) is 1. The highest BCUT2D eigenvalue weighted by Gasteiger charge is 2.12. The topological polar surface area (TPSA) is 61.9 Å². The number of aromatic amines is 1. The summed E-state index contributed by atoms with van der Waals surface area (Å²) < 4.78 is 0. The molecule has 0 saturated carbocycles. The van der Waals surface area contributed by atoms with E-state index in [9.17, 15) is 4.79 Å². The monoisotopic (exact) mass is 366 g/mol. The van der Waals surface area contributed by atoms with E-state index in [1.54, 1.807) is 4.90 Å². The molecule has 3 aromatic rings. The normalized spacial score (nSPS) is 10.7. The van der Waals surface area contributed by atoms with E-state index in [4.69, 9.17) is 0 Å². The third-order valence-electron chi connectivity index (χ3n) is 4.11. The Kier molecular flexibility index (Phi) is 6.07. The summed E-state index contributed by atoms with van der Waals surface area (Å²) in [7, 11) is 1.81. The standard InChI is InChI=1S/C20H22N4OS/c1-3-15-9-11-17(12-10-15)19-21-20(23-22-19)26-14-18(25)24(2)13-16-7-5-4-6-8-16/h4-12H,3,13-14H2,1-2H3,(H,21,22,23). The van der Waals surface area contributed by atoms with Crippen LogP contribution in [0.2, 0.25) is 0 Å². The number of hydrogen-bond acceptors (Lipinski definition) is 4. The molecule has 3 rings (SSSR count). The van der Waals surface area contributed by atoms with Crippen LogP contribution in [-0.4, -0.2) is 38.8 Å². The lowest BCUT2D eigenvalue weighted by Crippen LogP contribution is -2.27. The average Bonchev–Trinajstić information content (AvgIpc) is 3.16. The van der Waals surface area contributed by atoms with Gasteiger partial charge in [-0.1, -0.05) is 73.3 Å². The van der Waals surface area contributed by atoms with Gasteiger partial charge in [-0.25, -0.2) is 4.98 Å². The first kappa shape index (κ1) is 18.2. The predicted molar refractivity (Wildman–Crippen MR) is 105 cm³/mol. The summed E-state index contributed by atoms with van der Waals surface area (Å²) in [5, 5.41) is 7.74. The van der Waals surface area contributed by atoms with Crippen LogP contribution in [0.25, 0.3) is 11.4 Å². The first-order valence-corrected chi connectivity index (χ1v) is 9.56. The van der Waals surface area contributed by atoms with E-state index in [1.807, 2.05) is 49.5 Å². The molecule has 0 fully saturated rings. The highest BCUT2D eigenvalue weighted by Crippen LogP contribution is 2.20. The molecule has 0 spiro atoms. The van der Waals surface area contributed by atoms with Gasteiger partial charge in [0.2, 0.25) is 11.1 Å². The van der Waals surface area contributed by atoms with Crippen molar-refractivity contribution in [2.24, 2.45) is 0 Å². The molecule has 2 aromatic carbocycles. The molecule has 0 unspecified atom stereocenters. The zero-order chi connectivity index (χ0) is 18.4. The Balaban J connectivity index is 1.54. The van der Waals surface area contributed by atoms with Crippen LogP contribution in [0, 0.1) is 0 Å². The van der Waals surface area contributed by atoms with E-state index in [0.29, 0.717) is 17.5 Å². The summed E-state index contributed by atoms with van der Waals surface area (Å²) in [5.74, 6) is 1.09. The number of carbonyl (C=O) groups excluding carboxylic acids is 1. The maximum absolute atomic E-state index is 12.3. The molecule has 26 heavy (non-hydrogen) atoms. The van der Waals surface area contributed by atoms with Gasteiger partial charge in [0, 0.05) is 19.2 Å². The summed E-state index contributed by atoms with van der Waals surface area (Å²) >= 11 is 1.35. The number of hydrogen-bond donors (Lipinski definition) is 1. The average molecular weight is 366 g/mol. The Bertz CT molecular complexity index is 846. The SMILES string of the molecule is CCc1ccc(-c2nc(SCC(=O)N(C)Cc3ccccc3)n[nH]2)cc1. The Morgan fingerprint density at radius 1 is 1.08 bits per heavy atom. The van der Waals surface area contributed by atoms with E-state index in [2.05, 4.69) is 34.2 Å². The first-order chi connectivity index (χ1) is 12.7. The number of aryl methyl sites for hydroxylation is 1. The molecule has 1 aromatic heterocycles. The van der Waals surface area contributed by atoms with Crippen molar-refractivity contribution in [1.82, 2.24) is 20.1 Å². The van der Waals surface area contributed by atoms with Gasteiger partial charge in [-0.05, 0) is 17.5 Å².